The number of amides is 1. The number of hydrogen-bond acceptors (Lipinski definition) is 3. The van der Waals surface area contributed by atoms with Gasteiger partial charge in [0.2, 0.25) is 5.91 Å². The number of likely N-dealkylation sites (tertiary alicyclic amines) is 2. The highest BCUT2D eigenvalue weighted by Crippen LogP contribution is 2.31. The van der Waals surface area contributed by atoms with Gasteiger partial charge in [0, 0.05) is 37.7 Å². The molecule has 0 radical (unpaired) electrons. The zero-order chi connectivity index (χ0) is 17.3. The Hall–Kier alpha value is -1.53. The Morgan fingerprint density at radius 3 is 2.71 bits per heavy atom. The summed E-state index contributed by atoms with van der Waals surface area (Å²) in [7, 11) is 0. The summed E-state index contributed by atoms with van der Waals surface area (Å²) in [5.74, 6) is -1.06. The lowest BCUT2D eigenvalue weighted by atomic mass is 10.0. The first-order chi connectivity index (χ1) is 11.5. The number of β-amino-alcohol motifs (C(OH)–C–C–N with tert-alkyl or cyclic N) is 1. The summed E-state index contributed by atoms with van der Waals surface area (Å²) in [6.07, 6.45) is 2.84. The fourth-order valence-electron chi connectivity index (χ4n) is 4.19. The lowest BCUT2D eigenvalue weighted by Crippen LogP contribution is -2.48. The van der Waals surface area contributed by atoms with E-state index in [1.165, 1.54) is 0 Å². The van der Waals surface area contributed by atoms with E-state index in [9.17, 15) is 18.7 Å². The lowest BCUT2D eigenvalue weighted by molar-refractivity contribution is -0.130. The molecule has 3 rings (SSSR count). The average Bonchev–Trinajstić information content (AvgIpc) is 3.17. The second-order valence-electron chi connectivity index (χ2n) is 6.81. The summed E-state index contributed by atoms with van der Waals surface area (Å²) in [5, 5.41) is 10.4. The Balaban J connectivity index is 1.72. The van der Waals surface area contributed by atoms with Crippen LogP contribution in [0.3, 0.4) is 0 Å². The van der Waals surface area contributed by atoms with Gasteiger partial charge in [-0.1, -0.05) is 0 Å². The zero-order valence-corrected chi connectivity index (χ0v) is 13.9. The van der Waals surface area contributed by atoms with Crippen LogP contribution in [0.15, 0.2) is 18.2 Å². The van der Waals surface area contributed by atoms with E-state index in [1.54, 1.807) is 6.92 Å². The number of hydrogen-bond donors (Lipinski definition) is 1. The monoisotopic (exact) mass is 338 g/mol. The molecule has 3 atom stereocenters. The van der Waals surface area contributed by atoms with Crippen LogP contribution in [0.25, 0.3) is 0 Å². The van der Waals surface area contributed by atoms with Gasteiger partial charge in [-0.25, -0.2) is 8.78 Å². The van der Waals surface area contributed by atoms with Gasteiger partial charge >= 0.3 is 0 Å². The summed E-state index contributed by atoms with van der Waals surface area (Å²) in [5.41, 5.74) is -0.00417. The third kappa shape index (κ3) is 3.44. The fraction of sp³-hybridized carbons (Fsp3) is 0.611. The van der Waals surface area contributed by atoms with Gasteiger partial charge in [-0.15, -0.1) is 0 Å². The van der Waals surface area contributed by atoms with Crippen molar-refractivity contribution in [3.05, 3.63) is 35.4 Å². The van der Waals surface area contributed by atoms with Gasteiger partial charge in [0.25, 0.3) is 0 Å². The van der Waals surface area contributed by atoms with E-state index < -0.39 is 17.7 Å². The average molecular weight is 338 g/mol. The summed E-state index contributed by atoms with van der Waals surface area (Å²) >= 11 is 0. The molecule has 24 heavy (non-hydrogen) atoms. The molecule has 1 amide bonds. The minimum Gasteiger partial charge on any atom is -0.387 e. The number of aliphatic hydroxyl groups excluding tert-OH is 1. The van der Waals surface area contributed by atoms with E-state index in [2.05, 4.69) is 4.90 Å². The number of rotatable bonds is 4. The van der Waals surface area contributed by atoms with Crippen molar-refractivity contribution in [1.29, 1.82) is 0 Å². The highest BCUT2D eigenvalue weighted by molar-refractivity contribution is 5.74. The number of carbonyl (C=O) groups is 1. The van der Waals surface area contributed by atoms with Gasteiger partial charge in [0.15, 0.2) is 0 Å². The van der Waals surface area contributed by atoms with E-state index in [4.69, 9.17) is 0 Å². The maximum Gasteiger partial charge on any atom is 0.219 e. The maximum absolute atomic E-state index is 13.9. The third-order valence-electron chi connectivity index (χ3n) is 5.29. The topological polar surface area (TPSA) is 43.8 Å². The smallest absolute Gasteiger partial charge is 0.219 e. The number of nitrogens with zero attached hydrogens (tertiary/aromatic N) is 2. The van der Waals surface area contributed by atoms with Gasteiger partial charge in [-0.3, -0.25) is 9.69 Å². The maximum atomic E-state index is 13.9. The second-order valence-corrected chi connectivity index (χ2v) is 6.81. The number of benzene rings is 1. The molecule has 2 aliphatic heterocycles. The van der Waals surface area contributed by atoms with Crippen molar-refractivity contribution < 1.29 is 18.7 Å². The quantitative estimate of drug-likeness (QED) is 0.917. The standard InChI is InChI=1S/C18H24F2N2O2/c1-12(23)22-9-3-5-17(22)16-4-2-8-21(16)11-18(24)14-10-13(19)6-7-15(14)20/h6-7,10,16-18,24H,2-5,8-9,11H2,1H3/t16-,17-,18-/m1/s1. The first-order valence-corrected chi connectivity index (χ1v) is 8.61. The first-order valence-electron chi connectivity index (χ1n) is 8.61. The van der Waals surface area contributed by atoms with Crippen molar-refractivity contribution in [2.75, 3.05) is 19.6 Å². The van der Waals surface area contributed by atoms with Gasteiger partial charge < -0.3 is 10.0 Å². The summed E-state index contributed by atoms with van der Waals surface area (Å²) in [6.45, 7) is 3.44. The molecule has 2 heterocycles. The van der Waals surface area contributed by atoms with Gasteiger partial charge in [0.1, 0.15) is 11.6 Å². The molecular weight excluding hydrogens is 314 g/mol. The summed E-state index contributed by atoms with van der Waals surface area (Å²) in [4.78, 5) is 15.9. The van der Waals surface area contributed by atoms with E-state index in [1.807, 2.05) is 4.90 Å². The molecule has 1 aromatic rings. The van der Waals surface area contributed by atoms with Crippen LogP contribution < -0.4 is 0 Å². The van der Waals surface area contributed by atoms with Crippen LogP contribution in [0.1, 0.15) is 44.3 Å². The lowest BCUT2D eigenvalue weighted by Gasteiger charge is -2.35. The molecule has 1 N–H and O–H groups in total. The third-order valence-corrected chi connectivity index (χ3v) is 5.29. The molecule has 0 aromatic heterocycles. The van der Waals surface area contributed by atoms with Crippen LogP contribution in [0.4, 0.5) is 8.78 Å². The van der Waals surface area contributed by atoms with Crippen molar-refractivity contribution in [3.63, 3.8) is 0 Å². The van der Waals surface area contributed by atoms with Gasteiger partial charge in [0.05, 0.1) is 6.10 Å². The van der Waals surface area contributed by atoms with Crippen molar-refractivity contribution in [1.82, 2.24) is 9.80 Å². The van der Waals surface area contributed by atoms with Crippen LogP contribution in [0, 0.1) is 11.6 Å². The van der Waals surface area contributed by atoms with Crippen LogP contribution in [-0.2, 0) is 4.79 Å². The SMILES string of the molecule is CC(=O)N1CCC[C@@H]1[C@H]1CCCN1C[C@@H](O)c1cc(F)ccc1F. The van der Waals surface area contributed by atoms with Crippen molar-refractivity contribution >= 4 is 5.91 Å². The molecular formula is C18H24F2N2O2. The predicted octanol–water partition coefficient (Wildman–Crippen LogP) is 2.47. The van der Waals surface area contributed by atoms with Crippen LogP contribution >= 0.6 is 0 Å². The Morgan fingerprint density at radius 2 is 1.96 bits per heavy atom. The van der Waals surface area contributed by atoms with Crippen LogP contribution in [-0.4, -0.2) is 52.5 Å². The minimum absolute atomic E-state index is 0.00417. The molecule has 132 valence electrons. The molecule has 2 fully saturated rings. The number of aliphatic hydroxyl groups is 1. The fourth-order valence-corrected chi connectivity index (χ4v) is 4.19. The van der Waals surface area contributed by atoms with E-state index in [0.29, 0.717) is 0 Å². The number of halogens is 2. The molecule has 2 saturated heterocycles. The summed E-state index contributed by atoms with van der Waals surface area (Å²) < 4.78 is 27.2. The van der Waals surface area contributed by atoms with Crippen LogP contribution in [0.2, 0.25) is 0 Å². The van der Waals surface area contributed by atoms with Crippen molar-refractivity contribution in [2.24, 2.45) is 0 Å². The van der Waals surface area contributed by atoms with Crippen molar-refractivity contribution in [2.45, 2.75) is 50.8 Å². The minimum atomic E-state index is -1.08. The summed E-state index contributed by atoms with van der Waals surface area (Å²) in [6, 6.07) is 3.50. The molecule has 2 aliphatic rings. The van der Waals surface area contributed by atoms with Crippen LogP contribution in [0.5, 0.6) is 0 Å². The van der Waals surface area contributed by atoms with Gasteiger partial charge in [-0.2, -0.15) is 0 Å². The highest BCUT2D eigenvalue weighted by Gasteiger charge is 2.39. The van der Waals surface area contributed by atoms with Gasteiger partial charge in [-0.05, 0) is 50.4 Å². The van der Waals surface area contributed by atoms with E-state index in [-0.39, 0.29) is 30.1 Å². The Labute approximate surface area is 141 Å². The van der Waals surface area contributed by atoms with E-state index in [0.717, 1.165) is 57.0 Å². The molecule has 0 spiro atoms. The first kappa shape index (κ1) is 17.3. The predicted molar refractivity (Wildman–Crippen MR) is 86.3 cm³/mol. The normalized spacial score (nSPS) is 26.1. The van der Waals surface area contributed by atoms with Crippen molar-refractivity contribution in [3.8, 4) is 0 Å². The highest BCUT2D eigenvalue weighted by atomic mass is 19.1. The van der Waals surface area contributed by atoms with E-state index >= 15 is 0 Å². The molecule has 6 heteroatoms. The zero-order valence-electron chi connectivity index (χ0n) is 13.9. The molecule has 0 unspecified atom stereocenters. The Kier molecular flexibility index (Phi) is 5.15. The molecule has 4 nitrogen and oxygen atoms in total. The second kappa shape index (κ2) is 7.15. The molecule has 0 aliphatic carbocycles. The largest absolute Gasteiger partial charge is 0.387 e. The molecule has 1 aromatic carbocycles. The number of carbonyl (C=O) groups excluding carboxylic acids is 1. The Bertz CT molecular complexity index is 611. The molecule has 0 bridgehead atoms. The Morgan fingerprint density at radius 1 is 1.25 bits per heavy atom. The molecule has 0 saturated carbocycles.